The van der Waals surface area contributed by atoms with E-state index in [2.05, 4.69) is 20.2 Å². The van der Waals surface area contributed by atoms with Crippen LogP contribution in [0.5, 0.6) is 0 Å². The zero-order valence-electron chi connectivity index (χ0n) is 10.0. The number of benzene rings is 1. The van der Waals surface area contributed by atoms with E-state index in [1.165, 1.54) is 0 Å². The van der Waals surface area contributed by atoms with Crippen molar-refractivity contribution in [3.8, 4) is 0 Å². The van der Waals surface area contributed by atoms with Crippen molar-refractivity contribution in [3.63, 3.8) is 0 Å². The molecule has 1 aromatic heterocycles. The first-order valence-electron chi connectivity index (χ1n) is 5.38. The molecule has 1 heterocycles. The lowest BCUT2D eigenvalue weighted by atomic mass is 10.2. The summed E-state index contributed by atoms with van der Waals surface area (Å²) < 4.78 is 0.284. The first kappa shape index (κ1) is 12.4. The van der Waals surface area contributed by atoms with Gasteiger partial charge in [-0.05, 0) is 38.2 Å². The molecule has 0 fully saturated rings. The van der Waals surface area contributed by atoms with Crippen LogP contribution in [-0.2, 0) is 0 Å². The molecule has 0 unspecified atom stereocenters. The van der Waals surface area contributed by atoms with Gasteiger partial charge in [0.05, 0.1) is 5.69 Å². The number of hydrogen-bond donors (Lipinski definition) is 2. The van der Waals surface area contributed by atoms with Gasteiger partial charge in [0, 0.05) is 5.69 Å². The van der Waals surface area contributed by atoms with Gasteiger partial charge in [0.1, 0.15) is 0 Å². The number of H-pyrrole nitrogens is 2. The molecule has 0 atom stereocenters. The van der Waals surface area contributed by atoms with Gasteiger partial charge < -0.3 is 4.98 Å². The lowest BCUT2D eigenvalue weighted by Crippen LogP contribution is -2.08. The van der Waals surface area contributed by atoms with Crippen molar-refractivity contribution in [1.29, 1.82) is 0 Å². The van der Waals surface area contributed by atoms with E-state index in [0.29, 0.717) is 11.4 Å². The predicted octanol–water partition coefficient (Wildman–Crippen LogP) is 3.46. The highest BCUT2D eigenvalue weighted by Crippen LogP contribution is 2.17. The standard InChI is InChI=1S/C12H12N4OS/c1-7-3-5-9(6-4-7)15-16-10-8(2)13-12(18)14-11(10)17/h3-6H,1-2H3,(H2,13,14,17,18). The minimum atomic E-state index is -0.341. The fourth-order valence-electron chi connectivity index (χ4n) is 1.43. The first-order valence-corrected chi connectivity index (χ1v) is 5.79. The summed E-state index contributed by atoms with van der Waals surface area (Å²) in [5, 5.41) is 7.97. The Morgan fingerprint density at radius 3 is 2.33 bits per heavy atom. The molecule has 1 aromatic carbocycles. The quantitative estimate of drug-likeness (QED) is 0.641. The molecule has 6 heteroatoms. The summed E-state index contributed by atoms with van der Waals surface area (Å²) in [4.78, 5) is 16.9. The molecular weight excluding hydrogens is 248 g/mol. The van der Waals surface area contributed by atoms with E-state index in [1.54, 1.807) is 6.92 Å². The highest BCUT2D eigenvalue weighted by molar-refractivity contribution is 7.71. The summed E-state index contributed by atoms with van der Waals surface area (Å²) in [7, 11) is 0. The normalized spacial score (nSPS) is 11.0. The number of nitrogens with zero attached hydrogens (tertiary/aromatic N) is 2. The second-order valence-electron chi connectivity index (χ2n) is 3.92. The van der Waals surface area contributed by atoms with Crippen LogP contribution >= 0.6 is 12.2 Å². The Morgan fingerprint density at radius 2 is 1.72 bits per heavy atom. The van der Waals surface area contributed by atoms with Crippen LogP contribution < -0.4 is 5.56 Å². The van der Waals surface area contributed by atoms with E-state index in [1.807, 2.05) is 31.2 Å². The molecule has 92 valence electrons. The van der Waals surface area contributed by atoms with Crippen LogP contribution in [0.2, 0.25) is 0 Å². The van der Waals surface area contributed by atoms with Gasteiger partial charge in [0.15, 0.2) is 10.5 Å². The second kappa shape index (κ2) is 5.05. The molecule has 0 saturated carbocycles. The van der Waals surface area contributed by atoms with E-state index in [9.17, 15) is 4.79 Å². The van der Waals surface area contributed by atoms with Crippen molar-refractivity contribution in [2.45, 2.75) is 13.8 Å². The van der Waals surface area contributed by atoms with Crippen molar-refractivity contribution in [1.82, 2.24) is 9.97 Å². The SMILES string of the molecule is Cc1ccc(N=Nc2c(C)[nH]c(=S)[nH]c2=O)cc1. The number of hydrogen-bond acceptors (Lipinski definition) is 4. The summed E-state index contributed by atoms with van der Waals surface area (Å²) >= 11 is 4.86. The largest absolute Gasteiger partial charge is 0.334 e. The van der Waals surface area contributed by atoms with E-state index >= 15 is 0 Å². The smallest absolute Gasteiger partial charge is 0.279 e. The van der Waals surface area contributed by atoms with Gasteiger partial charge >= 0.3 is 0 Å². The van der Waals surface area contributed by atoms with Crippen molar-refractivity contribution in [2.75, 3.05) is 0 Å². The molecule has 0 aliphatic carbocycles. The molecule has 2 rings (SSSR count). The molecule has 2 N–H and O–H groups in total. The number of aromatic amines is 2. The maximum absolute atomic E-state index is 11.6. The topological polar surface area (TPSA) is 73.4 Å². The predicted molar refractivity (Wildman–Crippen MR) is 72.3 cm³/mol. The Balaban J connectivity index is 2.38. The fraction of sp³-hybridized carbons (Fsp3) is 0.167. The molecule has 5 nitrogen and oxygen atoms in total. The molecule has 0 aliphatic heterocycles. The second-order valence-corrected chi connectivity index (χ2v) is 4.33. The molecule has 0 aliphatic rings. The Morgan fingerprint density at radius 1 is 1.06 bits per heavy atom. The minimum absolute atomic E-state index is 0.240. The highest BCUT2D eigenvalue weighted by atomic mass is 32.1. The number of aryl methyl sites for hydroxylation is 2. The zero-order valence-corrected chi connectivity index (χ0v) is 10.8. The van der Waals surface area contributed by atoms with Crippen molar-refractivity contribution >= 4 is 23.6 Å². The van der Waals surface area contributed by atoms with Gasteiger partial charge in [-0.3, -0.25) is 9.78 Å². The molecule has 2 aromatic rings. The lowest BCUT2D eigenvalue weighted by molar-refractivity contribution is 1.01. The van der Waals surface area contributed by atoms with Crippen LogP contribution in [0.4, 0.5) is 11.4 Å². The number of nitrogens with one attached hydrogen (secondary N) is 2. The van der Waals surface area contributed by atoms with Gasteiger partial charge in [-0.2, -0.15) is 5.11 Å². The van der Waals surface area contributed by atoms with Crippen LogP contribution in [0.25, 0.3) is 0 Å². The third kappa shape index (κ3) is 2.78. The molecule has 0 bridgehead atoms. The van der Waals surface area contributed by atoms with Gasteiger partial charge in [0.25, 0.3) is 5.56 Å². The summed E-state index contributed by atoms with van der Waals surface area (Å²) in [5.74, 6) is 0. The van der Waals surface area contributed by atoms with Crippen LogP contribution in [-0.4, -0.2) is 9.97 Å². The third-order valence-electron chi connectivity index (χ3n) is 2.40. The average Bonchev–Trinajstić information content (AvgIpc) is 2.30. The van der Waals surface area contributed by atoms with Gasteiger partial charge in [0.2, 0.25) is 0 Å². The monoisotopic (exact) mass is 260 g/mol. The maximum Gasteiger partial charge on any atom is 0.279 e. The zero-order chi connectivity index (χ0) is 13.1. The van der Waals surface area contributed by atoms with Crippen LogP contribution in [0, 0.1) is 18.6 Å². The molecule has 0 amide bonds. The number of aromatic nitrogens is 2. The Kier molecular flexibility index (Phi) is 3.47. The van der Waals surface area contributed by atoms with E-state index < -0.39 is 0 Å². The van der Waals surface area contributed by atoms with E-state index in [4.69, 9.17) is 12.2 Å². The van der Waals surface area contributed by atoms with Crippen LogP contribution in [0.3, 0.4) is 0 Å². The van der Waals surface area contributed by atoms with Crippen molar-refractivity contribution in [2.24, 2.45) is 10.2 Å². The number of rotatable bonds is 2. The summed E-state index contributed by atoms with van der Waals surface area (Å²) in [6, 6.07) is 7.55. The molecule has 0 saturated heterocycles. The fourth-order valence-corrected chi connectivity index (χ4v) is 1.68. The highest BCUT2D eigenvalue weighted by Gasteiger charge is 2.02. The third-order valence-corrected chi connectivity index (χ3v) is 2.60. The molecule has 18 heavy (non-hydrogen) atoms. The summed E-state index contributed by atoms with van der Waals surface area (Å²) in [5.41, 5.74) is 2.34. The van der Waals surface area contributed by atoms with Gasteiger partial charge in [-0.25, -0.2) is 0 Å². The minimum Gasteiger partial charge on any atom is -0.334 e. The summed E-state index contributed by atoms with van der Waals surface area (Å²) in [6.45, 7) is 3.72. The Bertz CT molecular complexity index is 697. The Labute approximate surface area is 109 Å². The molecular formula is C12H12N4OS. The van der Waals surface area contributed by atoms with E-state index in [-0.39, 0.29) is 16.0 Å². The van der Waals surface area contributed by atoms with E-state index in [0.717, 1.165) is 5.56 Å². The first-order chi connectivity index (χ1) is 8.56. The Hall–Kier alpha value is -2.08. The molecule has 0 spiro atoms. The van der Waals surface area contributed by atoms with Crippen LogP contribution in [0.1, 0.15) is 11.3 Å². The van der Waals surface area contributed by atoms with Crippen molar-refractivity contribution < 1.29 is 0 Å². The lowest BCUT2D eigenvalue weighted by Gasteiger charge is -1.98. The number of azo groups is 1. The van der Waals surface area contributed by atoms with Crippen LogP contribution in [0.15, 0.2) is 39.3 Å². The van der Waals surface area contributed by atoms with Gasteiger partial charge in [-0.15, -0.1) is 5.11 Å². The average molecular weight is 260 g/mol. The summed E-state index contributed by atoms with van der Waals surface area (Å²) in [6.07, 6.45) is 0. The molecule has 0 radical (unpaired) electrons. The maximum atomic E-state index is 11.6. The van der Waals surface area contributed by atoms with Crippen molar-refractivity contribution in [3.05, 3.63) is 50.6 Å². The van der Waals surface area contributed by atoms with Gasteiger partial charge in [-0.1, -0.05) is 17.7 Å².